The third-order valence-corrected chi connectivity index (χ3v) is 2.96. The van der Waals surface area contributed by atoms with Gasteiger partial charge >= 0.3 is 0 Å². The van der Waals surface area contributed by atoms with E-state index < -0.39 is 0 Å². The number of carbonyl (C=O) groups is 1. The molecule has 1 aromatic carbocycles. The first kappa shape index (κ1) is 13.7. The molecular formula is C11H14Br2N2O. The highest BCUT2D eigenvalue weighted by molar-refractivity contribution is 9.11. The minimum Gasteiger partial charge on any atom is -0.352 e. The summed E-state index contributed by atoms with van der Waals surface area (Å²) in [7, 11) is 0. The summed E-state index contributed by atoms with van der Waals surface area (Å²) in [5.41, 5.74) is 6.02. The van der Waals surface area contributed by atoms with Gasteiger partial charge in [0.25, 0.3) is 5.91 Å². The molecule has 0 atom stereocenters. The van der Waals surface area contributed by atoms with E-state index in [2.05, 4.69) is 37.2 Å². The molecule has 0 radical (unpaired) electrons. The van der Waals surface area contributed by atoms with Crippen LogP contribution in [0.25, 0.3) is 0 Å². The van der Waals surface area contributed by atoms with E-state index >= 15 is 0 Å². The van der Waals surface area contributed by atoms with Gasteiger partial charge in [-0.05, 0) is 37.6 Å². The SMILES string of the molecule is NCCCCNC(=O)c1cc(Br)cc(Br)c1. The molecule has 3 N–H and O–H groups in total. The summed E-state index contributed by atoms with van der Waals surface area (Å²) in [4.78, 5) is 11.7. The molecule has 5 heteroatoms. The molecule has 1 amide bonds. The van der Waals surface area contributed by atoms with Crippen molar-refractivity contribution in [2.24, 2.45) is 5.73 Å². The molecule has 0 saturated carbocycles. The molecule has 1 rings (SSSR count). The number of amides is 1. The molecule has 16 heavy (non-hydrogen) atoms. The van der Waals surface area contributed by atoms with Crippen LogP contribution in [0.4, 0.5) is 0 Å². The summed E-state index contributed by atoms with van der Waals surface area (Å²) in [5, 5.41) is 2.85. The fraction of sp³-hybridized carbons (Fsp3) is 0.364. The highest BCUT2D eigenvalue weighted by Gasteiger charge is 2.06. The summed E-state index contributed by atoms with van der Waals surface area (Å²) < 4.78 is 1.77. The predicted octanol–water partition coefficient (Wildman–Crippen LogP) is 2.68. The average Bonchev–Trinajstić information content (AvgIpc) is 2.22. The number of nitrogens with two attached hydrogens (primary N) is 1. The highest BCUT2D eigenvalue weighted by Crippen LogP contribution is 2.19. The zero-order valence-electron chi connectivity index (χ0n) is 8.80. The quantitative estimate of drug-likeness (QED) is 0.803. The van der Waals surface area contributed by atoms with Gasteiger partial charge in [-0.1, -0.05) is 31.9 Å². The van der Waals surface area contributed by atoms with E-state index in [1.165, 1.54) is 0 Å². The van der Waals surface area contributed by atoms with E-state index in [0.717, 1.165) is 21.8 Å². The number of halogens is 2. The van der Waals surface area contributed by atoms with Gasteiger partial charge in [0.2, 0.25) is 0 Å². The molecule has 1 aromatic rings. The van der Waals surface area contributed by atoms with Crippen LogP contribution in [0, 0.1) is 0 Å². The molecule has 0 saturated heterocycles. The van der Waals surface area contributed by atoms with Crippen molar-refractivity contribution in [3.05, 3.63) is 32.7 Å². The standard InChI is InChI=1S/C11H14Br2N2O/c12-9-5-8(6-10(13)7-9)11(16)15-4-2-1-3-14/h5-7H,1-4,14H2,(H,15,16). The predicted molar refractivity (Wildman–Crippen MR) is 72.5 cm³/mol. The number of hydrogen-bond donors (Lipinski definition) is 2. The Balaban J connectivity index is 2.52. The van der Waals surface area contributed by atoms with Gasteiger partial charge in [0, 0.05) is 21.1 Å². The van der Waals surface area contributed by atoms with Crippen LogP contribution in [-0.4, -0.2) is 19.0 Å². The van der Waals surface area contributed by atoms with Gasteiger partial charge in [0.15, 0.2) is 0 Å². The zero-order valence-corrected chi connectivity index (χ0v) is 12.0. The lowest BCUT2D eigenvalue weighted by Gasteiger charge is -2.05. The second kappa shape index (κ2) is 7.04. The maximum absolute atomic E-state index is 11.7. The van der Waals surface area contributed by atoms with Crippen LogP contribution >= 0.6 is 31.9 Å². The number of unbranched alkanes of at least 4 members (excludes halogenated alkanes) is 1. The van der Waals surface area contributed by atoms with Crippen LogP contribution in [0.3, 0.4) is 0 Å². The Morgan fingerprint density at radius 2 is 1.81 bits per heavy atom. The minimum atomic E-state index is -0.0565. The van der Waals surface area contributed by atoms with Crippen LogP contribution in [0.1, 0.15) is 23.2 Å². The molecular weight excluding hydrogens is 336 g/mol. The molecule has 88 valence electrons. The second-order valence-electron chi connectivity index (χ2n) is 3.41. The van der Waals surface area contributed by atoms with Crippen molar-refractivity contribution in [3.63, 3.8) is 0 Å². The van der Waals surface area contributed by atoms with Crippen LogP contribution in [0.5, 0.6) is 0 Å². The number of carbonyl (C=O) groups excluding carboxylic acids is 1. The van der Waals surface area contributed by atoms with Crippen molar-refractivity contribution in [3.8, 4) is 0 Å². The first-order chi connectivity index (χ1) is 7.63. The molecule has 3 nitrogen and oxygen atoms in total. The average molecular weight is 350 g/mol. The number of nitrogens with one attached hydrogen (secondary N) is 1. The van der Waals surface area contributed by atoms with Crippen molar-refractivity contribution in [1.82, 2.24) is 5.32 Å². The Hall–Kier alpha value is -0.390. The molecule has 0 aliphatic heterocycles. The lowest BCUT2D eigenvalue weighted by molar-refractivity contribution is 0.0953. The molecule has 0 aliphatic carbocycles. The molecule has 0 aliphatic rings. The summed E-state index contributed by atoms with van der Waals surface area (Å²) in [6.07, 6.45) is 1.85. The zero-order chi connectivity index (χ0) is 12.0. The largest absolute Gasteiger partial charge is 0.352 e. The fourth-order valence-corrected chi connectivity index (χ4v) is 2.55. The summed E-state index contributed by atoms with van der Waals surface area (Å²) in [6.45, 7) is 1.33. The van der Waals surface area contributed by atoms with E-state index in [9.17, 15) is 4.79 Å². The number of rotatable bonds is 5. The maximum Gasteiger partial charge on any atom is 0.251 e. The number of benzene rings is 1. The third-order valence-electron chi connectivity index (χ3n) is 2.04. The van der Waals surface area contributed by atoms with E-state index in [1.54, 1.807) is 12.1 Å². The fourth-order valence-electron chi connectivity index (χ4n) is 1.26. The summed E-state index contributed by atoms with van der Waals surface area (Å²) in [5.74, 6) is -0.0565. The smallest absolute Gasteiger partial charge is 0.251 e. The summed E-state index contributed by atoms with van der Waals surface area (Å²) >= 11 is 6.70. The van der Waals surface area contributed by atoms with E-state index in [4.69, 9.17) is 5.73 Å². The Morgan fingerprint density at radius 3 is 2.38 bits per heavy atom. The van der Waals surface area contributed by atoms with E-state index in [1.807, 2.05) is 6.07 Å². The first-order valence-electron chi connectivity index (χ1n) is 5.08. The van der Waals surface area contributed by atoms with Gasteiger partial charge in [0.1, 0.15) is 0 Å². The topological polar surface area (TPSA) is 55.1 Å². The molecule has 0 spiro atoms. The van der Waals surface area contributed by atoms with Gasteiger partial charge in [0.05, 0.1) is 0 Å². The van der Waals surface area contributed by atoms with Gasteiger partial charge < -0.3 is 11.1 Å². The van der Waals surface area contributed by atoms with E-state index in [-0.39, 0.29) is 5.91 Å². The Bertz CT molecular complexity index is 349. The first-order valence-corrected chi connectivity index (χ1v) is 6.66. The number of hydrogen-bond acceptors (Lipinski definition) is 2. The van der Waals surface area contributed by atoms with Crippen LogP contribution in [0.2, 0.25) is 0 Å². The van der Waals surface area contributed by atoms with Crippen molar-refractivity contribution in [2.45, 2.75) is 12.8 Å². The van der Waals surface area contributed by atoms with Gasteiger partial charge in [-0.25, -0.2) is 0 Å². The Labute approximate surface area is 112 Å². The maximum atomic E-state index is 11.7. The van der Waals surface area contributed by atoms with Crippen molar-refractivity contribution >= 4 is 37.8 Å². The molecule has 0 aromatic heterocycles. The normalized spacial score (nSPS) is 10.2. The van der Waals surface area contributed by atoms with Crippen LogP contribution in [-0.2, 0) is 0 Å². The minimum absolute atomic E-state index is 0.0565. The lowest BCUT2D eigenvalue weighted by Crippen LogP contribution is -2.24. The molecule has 0 bridgehead atoms. The Kier molecular flexibility index (Phi) is 6.01. The van der Waals surface area contributed by atoms with Crippen molar-refractivity contribution in [1.29, 1.82) is 0 Å². The Morgan fingerprint density at radius 1 is 1.19 bits per heavy atom. The van der Waals surface area contributed by atoms with Crippen LogP contribution in [0.15, 0.2) is 27.1 Å². The van der Waals surface area contributed by atoms with Gasteiger partial charge in [-0.15, -0.1) is 0 Å². The summed E-state index contributed by atoms with van der Waals surface area (Å²) in [6, 6.07) is 5.48. The highest BCUT2D eigenvalue weighted by atomic mass is 79.9. The van der Waals surface area contributed by atoms with Crippen molar-refractivity contribution < 1.29 is 4.79 Å². The van der Waals surface area contributed by atoms with Gasteiger partial charge in [-0.2, -0.15) is 0 Å². The van der Waals surface area contributed by atoms with Gasteiger partial charge in [-0.3, -0.25) is 4.79 Å². The molecule has 0 heterocycles. The van der Waals surface area contributed by atoms with Crippen molar-refractivity contribution in [2.75, 3.05) is 13.1 Å². The third kappa shape index (κ3) is 4.63. The van der Waals surface area contributed by atoms with Crippen LogP contribution < -0.4 is 11.1 Å². The van der Waals surface area contributed by atoms with E-state index in [0.29, 0.717) is 18.7 Å². The second-order valence-corrected chi connectivity index (χ2v) is 5.24. The molecule has 0 unspecified atom stereocenters. The lowest BCUT2D eigenvalue weighted by atomic mass is 10.2. The monoisotopic (exact) mass is 348 g/mol. The molecule has 0 fully saturated rings.